The molecule has 1 heterocycles. The van der Waals surface area contributed by atoms with E-state index in [1.54, 1.807) is 12.1 Å². The number of ether oxygens (including phenoxy) is 1. The molecule has 0 radical (unpaired) electrons. The van der Waals surface area contributed by atoms with Crippen molar-refractivity contribution in [1.29, 1.82) is 0 Å². The smallest absolute Gasteiger partial charge is 0.300 e. The van der Waals surface area contributed by atoms with Crippen LogP contribution in [0, 0.1) is 6.92 Å². The van der Waals surface area contributed by atoms with Crippen molar-refractivity contribution in [3.05, 3.63) is 54.7 Å². The molecule has 124 valence electrons. The highest BCUT2D eigenvalue weighted by Gasteiger charge is 2.33. The number of aryl methyl sites for hydroxylation is 1. The number of allylic oxidation sites excluding steroid dienone is 5. The molecule has 0 N–H and O–H groups in total. The van der Waals surface area contributed by atoms with Crippen LogP contribution in [0.4, 0.5) is 0 Å². The van der Waals surface area contributed by atoms with E-state index in [1.807, 2.05) is 19.1 Å². The van der Waals surface area contributed by atoms with Crippen molar-refractivity contribution in [2.75, 3.05) is 6.61 Å². The van der Waals surface area contributed by atoms with Gasteiger partial charge in [0.05, 0.1) is 6.61 Å². The quantitative estimate of drug-likeness (QED) is 0.208. The maximum Gasteiger partial charge on any atom is 0.300 e. The Morgan fingerprint density at radius 1 is 1.17 bits per heavy atom. The van der Waals surface area contributed by atoms with Crippen molar-refractivity contribution in [3.8, 4) is 11.5 Å². The summed E-state index contributed by atoms with van der Waals surface area (Å²) in [4.78, 5) is 0.131. The van der Waals surface area contributed by atoms with Crippen molar-refractivity contribution in [3.63, 3.8) is 0 Å². The van der Waals surface area contributed by atoms with Gasteiger partial charge in [-0.15, -0.1) is 0 Å². The maximum absolute atomic E-state index is 12.1. The van der Waals surface area contributed by atoms with E-state index in [9.17, 15) is 8.42 Å². The first-order chi connectivity index (χ1) is 11.1. The molecule has 1 aliphatic rings. The molecule has 0 bridgehead atoms. The lowest BCUT2D eigenvalue weighted by atomic mass is 10.2. The van der Waals surface area contributed by atoms with E-state index in [1.165, 1.54) is 6.07 Å². The summed E-state index contributed by atoms with van der Waals surface area (Å²) in [7, 11) is -3.72. The van der Waals surface area contributed by atoms with E-state index in [0.717, 1.165) is 24.8 Å². The van der Waals surface area contributed by atoms with Gasteiger partial charge in [0.2, 0.25) is 0 Å². The maximum atomic E-state index is 12.1. The Morgan fingerprint density at radius 2 is 2.00 bits per heavy atom. The Morgan fingerprint density at radius 3 is 2.78 bits per heavy atom. The molecule has 23 heavy (non-hydrogen) atoms. The van der Waals surface area contributed by atoms with Crippen molar-refractivity contribution >= 4 is 10.1 Å². The third-order valence-corrected chi connectivity index (χ3v) is 4.76. The SMILES string of the molecule is C=CC=CCC=CCCCCOS(=O)(=O)c1ccc(C)c2c1O2. The van der Waals surface area contributed by atoms with E-state index in [-0.39, 0.29) is 11.5 Å². The average molecular weight is 334 g/mol. The van der Waals surface area contributed by atoms with E-state index in [0.29, 0.717) is 17.9 Å². The van der Waals surface area contributed by atoms with Crippen LogP contribution in [0.3, 0.4) is 0 Å². The number of hydrogen-bond donors (Lipinski definition) is 0. The molecule has 0 saturated heterocycles. The zero-order valence-corrected chi connectivity index (χ0v) is 14.1. The minimum absolute atomic E-state index is 0.131. The fourth-order valence-corrected chi connectivity index (χ4v) is 3.17. The molecule has 1 aliphatic heterocycles. The molecule has 0 aromatic heterocycles. The lowest BCUT2D eigenvalue weighted by Crippen LogP contribution is -2.07. The van der Waals surface area contributed by atoms with Crippen LogP contribution in [0.1, 0.15) is 31.2 Å². The predicted octanol–water partition coefficient (Wildman–Crippen LogP) is 4.66. The molecule has 0 unspecified atom stereocenters. The Labute approximate surface area is 138 Å². The third-order valence-electron chi connectivity index (χ3n) is 3.42. The van der Waals surface area contributed by atoms with Crippen LogP contribution >= 0.6 is 0 Å². The first-order valence-corrected chi connectivity index (χ1v) is 9.10. The number of unbranched alkanes of at least 4 members (excludes halogenated alkanes) is 2. The fourth-order valence-electron chi connectivity index (χ4n) is 2.11. The van der Waals surface area contributed by atoms with Gasteiger partial charge < -0.3 is 4.74 Å². The summed E-state index contributed by atoms with van der Waals surface area (Å²) < 4.78 is 34.5. The minimum atomic E-state index is -3.72. The highest BCUT2D eigenvalue weighted by molar-refractivity contribution is 7.86. The molecule has 0 amide bonds. The highest BCUT2D eigenvalue weighted by Crippen LogP contribution is 2.52. The van der Waals surface area contributed by atoms with Gasteiger partial charge in [0.15, 0.2) is 11.5 Å². The summed E-state index contributed by atoms with van der Waals surface area (Å²) in [6.07, 6.45) is 13.2. The normalized spacial score (nSPS) is 13.3. The Hall–Kier alpha value is -1.85. The summed E-state index contributed by atoms with van der Waals surface area (Å²) in [5.74, 6) is 1.09. The second-order valence-corrected chi connectivity index (χ2v) is 6.87. The largest absolute Gasteiger partial charge is 0.448 e. The second-order valence-electron chi connectivity index (χ2n) is 5.28. The number of rotatable bonds is 10. The number of hydrogen-bond acceptors (Lipinski definition) is 4. The van der Waals surface area contributed by atoms with Crippen LogP contribution in [0.2, 0.25) is 0 Å². The van der Waals surface area contributed by atoms with Gasteiger partial charge >= 0.3 is 10.1 Å². The lowest BCUT2D eigenvalue weighted by Gasteiger charge is -2.03. The zero-order valence-electron chi connectivity index (χ0n) is 13.3. The molecule has 0 saturated carbocycles. The molecular weight excluding hydrogens is 312 g/mol. The van der Waals surface area contributed by atoms with Crippen molar-refractivity contribution in [2.45, 2.75) is 37.5 Å². The third kappa shape index (κ3) is 5.08. The van der Waals surface area contributed by atoms with Crippen molar-refractivity contribution in [2.24, 2.45) is 0 Å². The van der Waals surface area contributed by atoms with Gasteiger partial charge in [0, 0.05) is 0 Å². The monoisotopic (exact) mass is 334 g/mol. The molecule has 1 aromatic carbocycles. The van der Waals surface area contributed by atoms with Gasteiger partial charge in [-0.25, -0.2) is 0 Å². The number of benzene rings is 1. The lowest BCUT2D eigenvalue weighted by molar-refractivity contribution is 0.308. The summed E-state index contributed by atoms with van der Waals surface area (Å²) in [5, 5.41) is 0. The minimum Gasteiger partial charge on any atom is -0.448 e. The Balaban J connectivity index is 1.68. The molecule has 0 fully saturated rings. The van der Waals surface area contributed by atoms with E-state index in [2.05, 4.69) is 18.7 Å². The van der Waals surface area contributed by atoms with Gasteiger partial charge in [-0.2, -0.15) is 8.42 Å². The van der Waals surface area contributed by atoms with Gasteiger partial charge in [0.1, 0.15) is 4.90 Å². The van der Waals surface area contributed by atoms with Crippen LogP contribution in [0.15, 0.2) is 54.0 Å². The Bertz CT molecular complexity index is 715. The molecule has 0 aliphatic carbocycles. The predicted molar refractivity (Wildman–Crippen MR) is 91.3 cm³/mol. The molecule has 4 nitrogen and oxygen atoms in total. The van der Waals surface area contributed by atoms with Crippen molar-refractivity contribution in [1.82, 2.24) is 0 Å². The first kappa shape index (κ1) is 17.5. The van der Waals surface area contributed by atoms with E-state index in [4.69, 9.17) is 8.92 Å². The number of fused-ring (bicyclic) bond motifs is 1. The van der Waals surface area contributed by atoms with Gasteiger partial charge in [-0.3, -0.25) is 4.18 Å². The van der Waals surface area contributed by atoms with Crippen LogP contribution < -0.4 is 4.74 Å². The van der Waals surface area contributed by atoms with Crippen LogP contribution in [0.5, 0.6) is 11.5 Å². The Kier molecular flexibility index (Phi) is 6.19. The van der Waals surface area contributed by atoms with Gasteiger partial charge in [-0.1, -0.05) is 43.0 Å². The summed E-state index contributed by atoms with van der Waals surface area (Å²) >= 11 is 0. The topological polar surface area (TPSA) is 55.9 Å². The molecule has 5 heteroatoms. The molecule has 0 atom stereocenters. The summed E-state index contributed by atoms with van der Waals surface area (Å²) in [6, 6.07) is 3.27. The molecule has 1 aromatic rings. The fraction of sp³-hybridized carbons (Fsp3) is 0.333. The van der Waals surface area contributed by atoms with Gasteiger partial charge in [0.25, 0.3) is 0 Å². The standard InChI is InChI=1S/C18H22O4S/c1-3-4-5-6-7-8-9-10-11-14-21-23(19,20)16-13-12-15(2)17-18(16)22-17/h3-5,7-8,12-13H,1,6,9-11,14H2,2H3. The highest BCUT2D eigenvalue weighted by atomic mass is 32.2. The second kappa shape index (κ2) is 8.13. The molecule has 0 spiro atoms. The van der Waals surface area contributed by atoms with E-state index < -0.39 is 10.1 Å². The van der Waals surface area contributed by atoms with Gasteiger partial charge in [-0.05, 0) is 44.2 Å². The summed E-state index contributed by atoms with van der Waals surface area (Å²) in [5.41, 5.74) is 0.939. The van der Waals surface area contributed by atoms with Crippen LogP contribution in [-0.2, 0) is 14.3 Å². The average Bonchev–Trinajstić information content (AvgIpc) is 3.30. The van der Waals surface area contributed by atoms with Crippen LogP contribution in [0.25, 0.3) is 0 Å². The molecular formula is C18H22O4S. The molecule has 2 rings (SSSR count). The van der Waals surface area contributed by atoms with Crippen LogP contribution in [-0.4, -0.2) is 15.0 Å². The first-order valence-electron chi connectivity index (χ1n) is 7.69. The zero-order chi connectivity index (χ0) is 16.7. The van der Waals surface area contributed by atoms with E-state index >= 15 is 0 Å². The summed E-state index contributed by atoms with van der Waals surface area (Å²) in [6.45, 7) is 5.67. The van der Waals surface area contributed by atoms with Crippen molar-refractivity contribution < 1.29 is 17.3 Å².